The van der Waals surface area contributed by atoms with Crippen LogP contribution < -0.4 is 9.47 Å². The molecule has 0 aliphatic carbocycles. The second-order valence-corrected chi connectivity index (χ2v) is 10.2. The molecular weight excluding hydrogens is 478 g/mol. The minimum absolute atomic E-state index is 0.0133. The van der Waals surface area contributed by atoms with E-state index in [0.29, 0.717) is 63.5 Å². The molecule has 3 aliphatic heterocycles. The largest absolute Gasteiger partial charge is 0.481 e. The number of carboxylic acids is 1. The summed E-state index contributed by atoms with van der Waals surface area (Å²) in [5.74, 6) is -0.675. The Bertz CT molecular complexity index is 963. The fourth-order valence-corrected chi connectivity index (χ4v) is 5.81. The van der Waals surface area contributed by atoms with Gasteiger partial charge in [-0.1, -0.05) is 19.4 Å². The average Bonchev–Trinajstić information content (AvgIpc) is 3.60. The number of nitrogens with zero attached hydrogens (tertiary/aromatic N) is 3. The number of unbranched alkanes of at least 4 members (excludes halogenated alkanes) is 1. The van der Waals surface area contributed by atoms with Gasteiger partial charge in [0.05, 0.1) is 12.5 Å². The number of carboxylic acid groups (broad SMARTS) is 1. The molecule has 10 heteroatoms. The molecule has 1 aromatic rings. The van der Waals surface area contributed by atoms with Crippen molar-refractivity contribution >= 4 is 17.8 Å². The second kappa shape index (κ2) is 12.6. The Balaban J connectivity index is 1.57. The summed E-state index contributed by atoms with van der Waals surface area (Å²) in [6, 6.07) is 5.15. The standard InChI is InChI=1S/C27H39N3O7/c1-2-3-10-28(12-5-14-31)25(33)17-30-16-20(19-7-8-22-23(15-19)37-18-36-22)26(27(34)35)21(30)9-13-29-11-4-6-24(29)32/h7-8,15,20-21,26,31H,2-6,9-14,16-18H2,1H3,(H,34,35)/t20-,21+,26-/m1/s1. The van der Waals surface area contributed by atoms with Crippen LogP contribution in [0, 0.1) is 5.92 Å². The highest BCUT2D eigenvalue weighted by molar-refractivity contribution is 5.79. The number of ether oxygens (including phenoxy) is 2. The molecule has 2 amide bonds. The van der Waals surface area contributed by atoms with Crippen molar-refractivity contribution in [3.05, 3.63) is 23.8 Å². The fourth-order valence-electron chi connectivity index (χ4n) is 5.81. The summed E-state index contributed by atoms with van der Waals surface area (Å²) in [6.07, 6.45) is 4.18. The van der Waals surface area contributed by atoms with E-state index in [1.54, 1.807) is 4.90 Å². The number of aliphatic hydroxyl groups is 1. The molecule has 37 heavy (non-hydrogen) atoms. The van der Waals surface area contributed by atoms with Crippen LogP contribution >= 0.6 is 0 Å². The second-order valence-electron chi connectivity index (χ2n) is 10.2. The van der Waals surface area contributed by atoms with Crippen molar-refractivity contribution in [3.63, 3.8) is 0 Å². The molecule has 0 aromatic heterocycles. The summed E-state index contributed by atoms with van der Waals surface area (Å²) in [4.78, 5) is 43.9. The highest BCUT2D eigenvalue weighted by Crippen LogP contribution is 2.42. The number of aliphatic carboxylic acids is 1. The van der Waals surface area contributed by atoms with Gasteiger partial charge >= 0.3 is 5.97 Å². The Kier molecular flexibility index (Phi) is 9.26. The normalized spacial score (nSPS) is 23.1. The molecular formula is C27H39N3O7. The highest BCUT2D eigenvalue weighted by atomic mass is 16.7. The summed E-state index contributed by atoms with van der Waals surface area (Å²) < 4.78 is 11.0. The maximum atomic E-state index is 13.4. The highest BCUT2D eigenvalue weighted by Gasteiger charge is 2.47. The molecule has 3 aliphatic rings. The van der Waals surface area contributed by atoms with Gasteiger partial charge in [-0.25, -0.2) is 0 Å². The lowest BCUT2D eigenvalue weighted by molar-refractivity contribution is -0.144. The monoisotopic (exact) mass is 517 g/mol. The summed E-state index contributed by atoms with van der Waals surface area (Å²) >= 11 is 0. The zero-order chi connectivity index (χ0) is 26.4. The molecule has 4 rings (SSSR count). The molecule has 0 unspecified atom stereocenters. The van der Waals surface area contributed by atoms with Gasteiger partial charge in [-0.2, -0.15) is 0 Å². The van der Waals surface area contributed by atoms with Crippen molar-refractivity contribution in [2.45, 2.75) is 57.4 Å². The quantitative estimate of drug-likeness (QED) is 0.407. The Morgan fingerprint density at radius 1 is 1.16 bits per heavy atom. The third kappa shape index (κ3) is 6.35. The van der Waals surface area contributed by atoms with E-state index in [2.05, 4.69) is 6.92 Å². The Hall–Kier alpha value is -2.85. The number of carbonyl (C=O) groups is 3. The summed E-state index contributed by atoms with van der Waals surface area (Å²) in [6.45, 7) is 5.02. The lowest BCUT2D eigenvalue weighted by Crippen LogP contribution is -2.46. The summed E-state index contributed by atoms with van der Waals surface area (Å²) in [5, 5.41) is 19.7. The molecule has 1 aromatic carbocycles. The first-order valence-electron chi connectivity index (χ1n) is 13.5. The van der Waals surface area contributed by atoms with Crippen molar-refractivity contribution in [2.75, 3.05) is 52.7 Å². The van der Waals surface area contributed by atoms with Crippen molar-refractivity contribution in [1.29, 1.82) is 0 Å². The van der Waals surface area contributed by atoms with E-state index in [1.165, 1.54) is 0 Å². The number of benzene rings is 1. The van der Waals surface area contributed by atoms with E-state index in [1.807, 2.05) is 28.0 Å². The number of amides is 2. The van der Waals surface area contributed by atoms with Crippen LogP contribution in [0.3, 0.4) is 0 Å². The smallest absolute Gasteiger partial charge is 0.308 e. The van der Waals surface area contributed by atoms with Crippen LogP contribution in [0.4, 0.5) is 0 Å². The molecule has 0 spiro atoms. The van der Waals surface area contributed by atoms with Gasteiger partial charge in [-0.05, 0) is 43.4 Å². The minimum atomic E-state index is -0.904. The van der Waals surface area contributed by atoms with Crippen LogP contribution in [-0.4, -0.2) is 101 Å². The maximum absolute atomic E-state index is 13.4. The molecule has 0 saturated carbocycles. The van der Waals surface area contributed by atoms with Crippen molar-refractivity contribution in [2.24, 2.45) is 5.92 Å². The molecule has 3 atom stereocenters. The van der Waals surface area contributed by atoms with Gasteiger partial charge in [-0.3, -0.25) is 19.3 Å². The number of rotatable bonds is 13. The summed E-state index contributed by atoms with van der Waals surface area (Å²) in [5.41, 5.74) is 0.844. The third-order valence-corrected chi connectivity index (χ3v) is 7.78. The molecule has 2 fully saturated rings. The van der Waals surface area contributed by atoms with Crippen LogP contribution in [0.15, 0.2) is 18.2 Å². The first-order chi connectivity index (χ1) is 17.9. The van der Waals surface area contributed by atoms with Gasteiger partial charge < -0.3 is 29.5 Å². The lowest BCUT2D eigenvalue weighted by atomic mass is 9.84. The van der Waals surface area contributed by atoms with Gasteiger partial charge in [0.15, 0.2) is 11.5 Å². The number of aliphatic hydroxyl groups excluding tert-OH is 1. The molecule has 3 heterocycles. The Morgan fingerprint density at radius 2 is 1.95 bits per heavy atom. The number of fused-ring (bicyclic) bond motifs is 1. The van der Waals surface area contributed by atoms with Gasteiger partial charge in [0.2, 0.25) is 18.6 Å². The van der Waals surface area contributed by atoms with E-state index in [9.17, 15) is 24.6 Å². The van der Waals surface area contributed by atoms with Crippen LogP contribution in [0.5, 0.6) is 11.5 Å². The maximum Gasteiger partial charge on any atom is 0.308 e. The predicted octanol–water partition coefficient (Wildman–Crippen LogP) is 1.91. The van der Waals surface area contributed by atoms with Gasteiger partial charge in [-0.15, -0.1) is 0 Å². The van der Waals surface area contributed by atoms with Crippen LogP contribution in [-0.2, 0) is 14.4 Å². The number of hydrogen-bond acceptors (Lipinski definition) is 7. The molecule has 10 nitrogen and oxygen atoms in total. The SMILES string of the molecule is CCCCN(CCCO)C(=O)CN1C[C@H](c2ccc3c(c2)OCO3)[C@@H](C(=O)O)[C@@H]1CCN1CCCC1=O. The molecule has 2 N–H and O–H groups in total. The van der Waals surface area contributed by atoms with Gasteiger partial charge in [0.25, 0.3) is 0 Å². The van der Waals surface area contributed by atoms with Crippen LogP contribution in [0.1, 0.15) is 56.9 Å². The van der Waals surface area contributed by atoms with Crippen LogP contribution in [0.25, 0.3) is 0 Å². The number of likely N-dealkylation sites (tertiary alicyclic amines) is 2. The first kappa shape index (κ1) is 27.2. The molecule has 0 radical (unpaired) electrons. The lowest BCUT2D eigenvalue weighted by Gasteiger charge is -2.30. The van der Waals surface area contributed by atoms with E-state index >= 15 is 0 Å². The first-order valence-corrected chi connectivity index (χ1v) is 13.5. The van der Waals surface area contributed by atoms with E-state index in [0.717, 1.165) is 24.8 Å². The topological polar surface area (TPSA) is 120 Å². The van der Waals surface area contributed by atoms with E-state index < -0.39 is 17.9 Å². The van der Waals surface area contributed by atoms with Crippen molar-refractivity contribution in [1.82, 2.24) is 14.7 Å². The minimum Gasteiger partial charge on any atom is -0.481 e. The van der Waals surface area contributed by atoms with Crippen molar-refractivity contribution < 1.29 is 34.1 Å². The number of carbonyl (C=O) groups excluding carboxylic acids is 2. The zero-order valence-electron chi connectivity index (χ0n) is 21.6. The van der Waals surface area contributed by atoms with Crippen molar-refractivity contribution in [3.8, 4) is 11.5 Å². The Morgan fingerprint density at radius 3 is 2.65 bits per heavy atom. The third-order valence-electron chi connectivity index (χ3n) is 7.78. The zero-order valence-corrected chi connectivity index (χ0v) is 21.6. The van der Waals surface area contributed by atoms with Crippen LogP contribution in [0.2, 0.25) is 0 Å². The van der Waals surface area contributed by atoms with Gasteiger partial charge in [0, 0.05) is 57.7 Å². The fraction of sp³-hybridized carbons (Fsp3) is 0.667. The Labute approximate surface area is 218 Å². The molecule has 0 bridgehead atoms. The van der Waals surface area contributed by atoms with Gasteiger partial charge in [0.1, 0.15) is 0 Å². The number of hydrogen-bond donors (Lipinski definition) is 2. The van der Waals surface area contributed by atoms with E-state index in [-0.39, 0.29) is 37.7 Å². The van der Waals surface area contributed by atoms with E-state index in [4.69, 9.17) is 9.47 Å². The molecule has 204 valence electrons. The predicted molar refractivity (Wildman–Crippen MR) is 135 cm³/mol. The summed E-state index contributed by atoms with van der Waals surface area (Å²) in [7, 11) is 0. The molecule has 2 saturated heterocycles. The average molecular weight is 518 g/mol.